The lowest BCUT2D eigenvalue weighted by Crippen LogP contribution is -2.70. The maximum absolute atomic E-state index is 14.6. The largest absolute Gasteiger partial charge is 0.458 e. The van der Waals surface area contributed by atoms with Crippen LogP contribution in [0.1, 0.15) is 51.9 Å². The third-order valence-corrected chi connectivity index (χ3v) is 8.05. The van der Waals surface area contributed by atoms with Gasteiger partial charge in [-0.25, -0.2) is 9.18 Å². The van der Waals surface area contributed by atoms with Crippen LogP contribution in [0.15, 0.2) is 12.2 Å². The van der Waals surface area contributed by atoms with E-state index >= 15 is 0 Å². The summed E-state index contributed by atoms with van der Waals surface area (Å²) in [5.41, 5.74) is -7.97. The molecule has 3 saturated carbocycles. The van der Waals surface area contributed by atoms with Crippen molar-refractivity contribution >= 4 is 11.9 Å². The normalized spacial score (nSPS) is 28.6. The average molecular weight is 588 g/mol. The fraction of sp³-hybridized carbons (Fsp3) is 0.833. The van der Waals surface area contributed by atoms with Crippen molar-refractivity contribution in [2.24, 2.45) is 29.6 Å². The molecular weight excluding hydrogens is 561 g/mol. The van der Waals surface area contributed by atoms with Crippen LogP contribution in [0.3, 0.4) is 0 Å². The van der Waals surface area contributed by atoms with Crippen LogP contribution in [0.4, 0.5) is 48.3 Å². The first-order chi connectivity index (χ1) is 17.6. The molecule has 3 rings (SSSR count). The van der Waals surface area contributed by atoms with Gasteiger partial charge in [-0.1, -0.05) is 13.0 Å². The molecule has 0 N–H and O–H groups in total. The van der Waals surface area contributed by atoms with Gasteiger partial charge in [0, 0.05) is 5.57 Å². The van der Waals surface area contributed by atoms with E-state index in [9.17, 15) is 57.9 Å². The van der Waals surface area contributed by atoms with Gasteiger partial charge in [0.25, 0.3) is 0 Å². The monoisotopic (exact) mass is 588 g/mol. The van der Waals surface area contributed by atoms with Crippen LogP contribution in [-0.2, 0) is 19.1 Å². The second kappa shape index (κ2) is 10.4. The summed E-state index contributed by atoms with van der Waals surface area (Å²) in [6.07, 6.45) is -16.2. The van der Waals surface area contributed by atoms with Gasteiger partial charge in [-0.05, 0) is 62.7 Å². The minimum Gasteiger partial charge on any atom is -0.458 e. The fourth-order valence-corrected chi connectivity index (χ4v) is 6.25. The highest BCUT2D eigenvalue weighted by atomic mass is 19.4. The molecule has 4 nitrogen and oxygen atoms in total. The number of alkyl halides is 11. The molecule has 0 aromatic heterocycles. The first-order valence-electron chi connectivity index (χ1n) is 12.2. The number of fused-ring (bicyclic) bond motifs is 2. The summed E-state index contributed by atoms with van der Waals surface area (Å²) in [5, 5.41) is 0. The van der Waals surface area contributed by atoms with E-state index in [2.05, 4.69) is 11.3 Å². The Morgan fingerprint density at radius 2 is 1.41 bits per heavy atom. The van der Waals surface area contributed by atoms with Crippen LogP contribution in [0.5, 0.6) is 0 Å². The third kappa shape index (κ3) is 5.73. The lowest BCUT2D eigenvalue weighted by atomic mass is 9.54. The van der Waals surface area contributed by atoms with Crippen molar-refractivity contribution < 1.29 is 67.4 Å². The van der Waals surface area contributed by atoms with Crippen molar-refractivity contribution in [3.63, 3.8) is 0 Å². The van der Waals surface area contributed by atoms with E-state index in [1.165, 1.54) is 0 Å². The molecule has 39 heavy (non-hydrogen) atoms. The summed E-state index contributed by atoms with van der Waals surface area (Å²) >= 11 is 0. The van der Waals surface area contributed by atoms with Crippen LogP contribution in [-0.4, -0.2) is 54.5 Å². The molecule has 3 aliphatic carbocycles. The zero-order valence-corrected chi connectivity index (χ0v) is 20.6. The van der Waals surface area contributed by atoms with E-state index in [0.29, 0.717) is 12.3 Å². The Morgan fingerprint density at radius 3 is 1.95 bits per heavy atom. The van der Waals surface area contributed by atoms with Gasteiger partial charge in [-0.15, -0.1) is 0 Å². The molecule has 0 amide bonds. The van der Waals surface area contributed by atoms with E-state index < -0.39 is 66.9 Å². The molecule has 0 aliphatic heterocycles. The lowest BCUT2D eigenvalue weighted by Gasteiger charge is -2.51. The number of rotatable bonds is 9. The third-order valence-electron chi connectivity index (χ3n) is 8.05. The summed E-state index contributed by atoms with van der Waals surface area (Å²) in [4.78, 5) is 24.7. The van der Waals surface area contributed by atoms with Crippen LogP contribution < -0.4 is 0 Å². The fourth-order valence-electron chi connectivity index (χ4n) is 6.25. The Hall–Kier alpha value is -2.09. The lowest BCUT2D eigenvalue weighted by molar-refractivity contribution is -0.428. The van der Waals surface area contributed by atoms with Crippen molar-refractivity contribution in [3.05, 3.63) is 12.2 Å². The van der Waals surface area contributed by atoms with Crippen LogP contribution >= 0.6 is 0 Å². The van der Waals surface area contributed by atoms with Crippen molar-refractivity contribution in [3.8, 4) is 0 Å². The first-order valence-corrected chi connectivity index (χ1v) is 12.2. The molecule has 3 fully saturated rings. The van der Waals surface area contributed by atoms with Crippen molar-refractivity contribution in [2.75, 3.05) is 6.61 Å². The standard InChI is InChI=1S/C24H27F11O4/c1-11(2)18(36)38-10-15(9-20(25,26)22(28,29)21(27,23(30,31)32)24(33,34)35)39-19(37)17-8-13-5-12-3-4-16(17)14(6-12)7-13/h12-17H,1,3-10H2,2H3. The van der Waals surface area contributed by atoms with E-state index in [0.717, 1.165) is 32.6 Å². The molecule has 0 aromatic carbocycles. The van der Waals surface area contributed by atoms with E-state index in [4.69, 9.17) is 4.74 Å². The average Bonchev–Trinajstić information content (AvgIpc) is 2.77. The van der Waals surface area contributed by atoms with Gasteiger partial charge in [-0.3, -0.25) is 4.79 Å². The number of carbonyl (C=O) groups is 2. The van der Waals surface area contributed by atoms with Crippen molar-refractivity contribution in [1.82, 2.24) is 0 Å². The van der Waals surface area contributed by atoms with E-state index in [1.54, 1.807) is 0 Å². The number of ether oxygens (including phenoxy) is 2. The minimum atomic E-state index is -7.64. The molecule has 224 valence electrons. The molecule has 0 spiro atoms. The predicted octanol–water partition coefficient (Wildman–Crippen LogP) is 6.97. The zero-order chi connectivity index (χ0) is 29.8. The van der Waals surface area contributed by atoms with Crippen molar-refractivity contribution in [2.45, 2.75) is 87.8 Å². The SMILES string of the molecule is C=C(C)C(=O)OCC(CC(F)(F)C(F)(F)C(F)(C(F)(F)F)C(F)(F)F)OC(=O)C1CC2CC3CCC1C(C3)C2. The van der Waals surface area contributed by atoms with Gasteiger partial charge in [0.05, 0.1) is 12.3 Å². The number of esters is 2. The smallest absolute Gasteiger partial charge is 0.438 e. The summed E-state index contributed by atoms with van der Waals surface area (Å²) in [6.45, 7) is 2.84. The molecule has 0 saturated heterocycles. The topological polar surface area (TPSA) is 52.6 Å². The highest BCUT2D eigenvalue weighted by Crippen LogP contribution is 2.60. The molecule has 0 radical (unpaired) electrons. The molecule has 6 unspecified atom stereocenters. The Bertz CT molecular complexity index is 939. The summed E-state index contributed by atoms with van der Waals surface area (Å²) in [5.74, 6) is -16.7. The second-order valence-electron chi connectivity index (χ2n) is 10.9. The van der Waals surface area contributed by atoms with Crippen LogP contribution in [0.25, 0.3) is 0 Å². The number of halogens is 11. The van der Waals surface area contributed by atoms with Gasteiger partial charge in [0.1, 0.15) is 12.7 Å². The van der Waals surface area contributed by atoms with Gasteiger partial charge in [0.2, 0.25) is 0 Å². The van der Waals surface area contributed by atoms with Crippen LogP contribution in [0.2, 0.25) is 0 Å². The molecule has 3 aliphatic rings. The van der Waals surface area contributed by atoms with Crippen LogP contribution in [0, 0.1) is 29.6 Å². The van der Waals surface area contributed by atoms with E-state index in [-0.39, 0.29) is 29.7 Å². The number of hydrogen-bond acceptors (Lipinski definition) is 4. The molecular formula is C24H27F11O4. The summed E-state index contributed by atoms with van der Waals surface area (Å²) in [7, 11) is 0. The van der Waals surface area contributed by atoms with Crippen molar-refractivity contribution in [1.29, 1.82) is 0 Å². The quantitative estimate of drug-likeness (QED) is 0.166. The Labute approximate surface area is 216 Å². The maximum atomic E-state index is 14.6. The Morgan fingerprint density at radius 1 is 0.846 bits per heavy atom. The maximum Gasteiger partial charge on any atom is 0.438 e. The summed E-state index contributed by atoms with van der Waals surface area (Å²) < 4.78 is 159. The first kappa shape index (κ1) is 31.4. The summed E-state index contributed by atoms with van der Waals surface area (Å²) in [6, 6.07) is 0. The minimum absolute atomic E-state index is 0.0963. The second-order valence-corrected chi connectivity index (χ2v) is 10.9. The molecule has 0 aromatic rings. The highest BCUT2D eigenvalue weighted by Gasteiger charge is 2.90. The molecule has 0 heterocycles. The van der Waals surface area contributed by atoms with Gasteiger partial charge < -0.3 is 9.47 Å². The highest BCUT2D eigenvalue weighted by molar-refractivity contribution is 5.86. The molecule has 15 heteroatoms. The molecule has 6 atom stereocenters. The number of carbonyl (C=O) groups excluding carboxylic acids is 2. The van der Waals surface area contributed by atoms with Gasteiger partial charge in [0.15, 0.2) is 0 Å². The predicted molar refractivity (Wildman–Crippen MR) is 111 cm³/mol. The van der Waals surface area contributed by atoms with Gasteiger partial charge >= 0.3 is 41.8 Å². The number of hydrogen-bond donors (Lipinski definition) is 0. The molecule has 3 bridgehead atoms. The van der Waals surface area contributed by atoms with Gasteiger partial charge in [-0.2, -0.15) is 43.9 Å². The Balaban J connectivity index is 1.87. The Kier molecular flexibility index (Phi) is 8.37. The zero-order valence-electron chi connectivity index (χ0n) is 20.6. The van der Waals surface area contributed by atoms with E-state index in [1.807, 2.05) is 0 Å².